The Bertz CT molecular complexity index is 873. The van der Waals surface area contributed by atoms with E-state index in [2.05, 4.69) is 26.9 Å². The number of rotatable bonds is 5. The molecule has 152 valence electrons. The van der Waals surface area contributed by atoms with Crippen LogP contribution in [0.25, 0.3) is 0 Å². The maximum absolute atomic E-state index is 12.6. The molecule has 4 heterocycles. The van der Waals surface area contributed by atoms with Crippen molar-refractivity contribution in [3.63, 3.8) is 0 Å². The second-order valence-electron chi connectivity index (χ2n) is 8.24. The Morgan fingerprint density at radius 2 is 2.00 bits per heavy atom. The molecule has 1 aromatic carbocycles. The zero-order chi connectivity index (χ0) is 19.6. The SMILES string of the molecule is O=C(CCc1cccnc1)N1C[C@@H]2CN(Cc3ccc4c(c3)OCCO4)CC[C@@H]21. The van der Waals surface area contributed by atoms with Crippen molar-refractivity contribution in [3.8, 4) is 11.5 Å². The first-order valence-corrected chi connectivity index (χ1v) is 10.6. The summed E-state index contributed by atoms with van der Waals surface area (Å²) in [6.45, 7) is 5.16. The van der Waals surface area contributed by atoms with Crippen LogP contribution in [-0.4, -0.2) is 59.6 Å². The highest BCUT2D eigenvalue weighted by Crippen LogP contribution is 2.35. The summed E-state index contributed by atoms with van der Waals surface area (Å²) in [6.07, 6.45) is 6.03. The molecular formula is C23H27N3O3. The van der Waals surface area contributed by atoms with E-state index in [0.717, 1.165) is 56.1 Å². The van der Waals surface area contributed by atoms with Gasteiger partial charge in [-0.2, -0.15) is 0 Å². The molecule has 3 aliphatic heterocycles. The molecule has 0 spiro atoms. The fourth-order valence-corrected chi connectivity index (χ4v) is 4.75. The number of hydrogen-bond donors (Lipinski definition) is 0. The molecule has 2 atom stereocenters. The zero-order valence-corrected chi connectivity index (χ0v) is 16.6. The molecule has 2 saturated heterocycles. The van der Waals surface area contributed by atoms with Gasteiger partial charge in [0.1, 0.15) is 13.2 Å². The Labute approximate surface area is 171 Å². The largest absolute Gasteiger partial charge is 0.486 e. The summed E-state index contributed by atoms with van der Waals surface area (Å²) in [7, 11) is 0. The molecule has 5 rings (SSSR count). The Hall–Kier alpha value is -2.60. The van der Waals surface area contributed by atoms with Crippen molar-refractivity contribution in [2.24, 2.45) is 5.92 Å². The Morgan fingerprint density at radius 3 is 2.83 bits per heavy atom. The standard InChI is InChI=1S/C23H27N3O3/c27-23(6-4-17-2-1-8-24-13-17)26-16-19-15-25(9-7-20(19)26)14-18-3-5-21-22(12-18)29-11-10-28-21/h1-3,5,8,12-13,19-20H,4,6-7,9-11,14-16H2/t19-,20-/m0/s1. The lowest BCUT2D eigenvalue weighted by molar-refractivity contribution is -0.148. The molecule has 0 unspecified atom stereocenters. The smallest absolute Gasteiger partial charge is 0.223 e. The number of piperidine rings is 1. The van der Waals surface area contributed by atoms with Gasteiger partial charge in [0.05, 0.1) is 0 Å². The normalized spacial score (nSPS) is 23.2. The number of aromatic nitrogens is 1. The van der Waals surface area contributed by atoms with Crippen molar-refractivity contribution in [2.75, 3.05) is 32.8 Å². The number of aryl methyl sites for hydroxylation is 1. The lowest BCUT2D eigenvalue weighted by Crippen LogP contribution is -2.64. The van der Waals surface area contributed by atoms with Gasteiger partial charge in [0.2, 0.25) is 5.91 Å². The molecule has 6 heteroatoms. The first-order valence-electron chi connectivity index (χ1n) is 10.6. The Balaban J connectivity index is 1.11. The highest BCUT2D eigenvalue weighted by molar-refractivity contribution is 5.77. The number of amides is 1. The number of carbonyl (C=O) groups excluding carboxylic acids is 1. The van der Waals surface area contributed by atoms with E-state index < -0.39 is 0 Å². The van der Waals surface area contributed by atoms with Gasteiger partial charge in [0.25, 0.3) is 0 Å². The summed E-state index contributed by atoms with van der Waals surface area (Å²) in [4.78, 5) is 21.4. The van der Waals surface area contributed by atoms with Crippen LogP contribution in [0.1, 0.15) is 24.0 Å². The van der Waals surface area contributed by atoms with Crippen LogP contribution in [0.2, 0.25) is 0 Å². The molecule has 0 radical (unpaired) electrons. The summed E-state index contributed by atoms with van der Waals surface area (Å²) >= 11 is 0. The molecule has 1 aromatic heterocycles. The molecule has 3 aliphatic rings. The molecule has 0 aliphatic carbocycles. The van der Waals surface area contributed by atoms with Crippen molar-refractivity contribution >= 4 is 5.91 Å². The summed E-state index contributed by atoms with van der Waals surface area (Å²) in [6, 6.07) is 10.6. The van der Waals surface area contributed by atoms with E-state index in [1.165, 1.54) is 5.56 Å². The van der Waals surface area contributed by atoms with Crippen molar-refractivity contribution in [2.45, 2.75) is 31.8 Å². The quantitative estimate of drug-likeness (QED) is 0.781. The van der Waals surface area contributed by atoms with Gasteiger partial charge in [-0.05, 0) is 42.2 Å². The third-order valence-electron chi connectivity index (χ3n) is 6.29. The van der Waals surface area contributed by atoms with E-state index in [1.807, 2.05) is 24.4 Å². The van der Waals surface area contributed by atoms with E-state index in [4.69, 9.17) is 9.47 Å². The van der Waals surface area contributed by atoms with Gasteiger partial charge in [-0.25, -0.2) is 0 Å². The van der Waals surface area contributed by atoms with E-state index in [9.17, 15) is 4.79 Å². The van der Waals surface area contributed by atoms with E-state index in [1.54, 1.807) is 6.20 Å². The maximum atomic E-state index is 12.6. The summed E-state index contributed by atoms with van der Waals surface area (Å²) in [5, 5.41) is 0. The predicted molar refractivity (Wildman–Crippen MR) is 109 cm³/mol. The molecule has 2 aromatic rings. The number of carbonyl (C=O) groups is 1. The summed E-state index contributed by atoms with van der Waals surface area (Å²) in [5.41, 5.74) is 2.39. The molecule has 29 heavy (non-hydrogen) atoms. The first-order chi connectivity index (χ1) is 14.3. The van der Waals surface area contributed by atoms with E-state index >= 15 is 0 Å². The number of hydrogen-bond acceptors (Lipinski definition) is 5. The minimum atomic E-state index is 0.287. The van der Waals surface area contributed by atoms with Gasteiger partial charge >= 0.3 is 0 Å². The molecule has 1 amide bonds. The van der Waals surface area contributed by atoms with Crippen LogP contribution in [0.4, 0.5) is 0 Å². The number of pyridine rings is 1. The van der Waals surface area contributed by atoms with E-state index in [-0.39, 0.29) is 5.91 Å². The predicted octanol–water partition coefficient (Wildman–Crippen LogP) is 2.52. The van der Waals surface area contributed by atoms with Gasteiger partial charge in [-0.15, -0.1) is 0 Å². The van der Waals surface area contributed by atoms with Gasteiger partial charge in [-0.3, -0.25) is 14.7 Å². The van der Waals surface area contributed by atoms with Crippen LogP contribution in [0, 0.1) is 5.92 Å². The van der Waals surface area contributed by atoms with Crippen LogP contribution in [0.5, 0.6) is 11.5 Å². The Kier molecular flexibility index (Phi) is 5.10. The minimum absolute atomic E-state index is 0.287. The number of fused-ring (bicyclic) bond motifs is 2. The number of ether oxygens (including phenoxy) is 2. The third kappa shape index (κ3) is 3.94. The maximum Gasteiger partial charge on any atom is 0.223 e. The van der Waals surface area contributed by atoms with Crippen LogP contribution in [0.3, 0.4) is 0 Å². The molecule has 2 fully saturated rings. The average molecular weight is 393 g/mol. The highest BCUT2D eigenvalue weighted by atomic mass is 16.6. The van der Waals surface area contributed by atoms with Crippen molar-refractivity contribution in [1.82, 2.24) is 14.8 Å². The molecule has 0 N–H and O–H groups in total. The van der Waals surface area contributed by atoms with Gasteiger partial charge in [-0.1, -0.05) is 12.1 Å². The van der Waals surface area contributed by atoms with Crippen molar-refractivity contribution in [1.29, 1.82) is 0 Å². The van der Waals surface area contributed by atoms with Crippen LogP contribution in [0.15, 0.2) is 42.7 Å². The summed E-state index contributed by atoms with van der Waals surface area (Å²) in [5.74, 6) is 2.59. The van der Waals surface area contributed by atoms with Crippen LogP contribution < -0.4 is 9.47 Å². The number of nitrogens with zero attached hydrogens (tertiary/aromatic N) is 3. The second kappa shape index (κ2) is 8.03. The fourth-order valence-electron chi connectivity index (χ4n) is 4.75. The molecule has 6 nitrogen and oxygen atoms in total. The highest BCUT2D eigenvalue weighted by Gasteiger charge is 2.44. The van der Waals surface area contributed by atoms with Crippen LogP contribution >= 0.6 is 0 Å². The number of benzene rings is 1. The number of likely N-dealkylation sites (tertiary alicyclic amines) is 2. The van der Waals surface area contributed by atoms with Gasteiger partial charge in [0, 0.05) is 57.0 Å². The van der Waals surface area contributed by atoms with E-state index in [0.29, 0.717) is 31.6 Å². The van der Waals surface area contributed by atoms with Gasteiger partial charge < -0.3 is 14.4 Å². The average Bonchev–Trinajstić information content (AvgIpc) is 2.74. The zero-order valence-electron chi connectivity index (χ0n) is 16.6. The lowest BCUT2D eigenvalue weighted by atomic mass is 9.82. The minimum Gasteiger partial charge on any atom is -0.486 e. The molecule has 0 saturated carbocycles. The fraction of sp³-hybridized carbons (Fsp3) is 0.478. The van der Waals surface area contributed by atoms with Crippen LogP contribution in [-0.2, 0) is 17.8 Å². The lowest BCUT2D eigenvalue weighted by Gasteiger charge is -2.53. The first kappa shape index (κ1) is 18.4. The van der Waals surface area contributed by atoms with Crippen molar-refractivity contribution < 1.29 is 14.3 Å². The van der Waals surface area contributed by atoms with Crippen molar-refractivity contribution in [3.05, 3.63) is 53.9 Å². The van der Waals surface area contributed by atoms with Gasteiger partial charge in [0.15, 0.2) is 11.5 Å². The molecular weight excluding hydrogens is 366 g/mol. The second-order valence-corrected chi connectivity index (χ2v) is 8.24. The summed E-state index contributed by atoms with van der Waals surface area (Å²) < 4.78 is 11.3. The Morgan fingerprint density at radius 1 is 1.10 bits per heavy atom. The topological polar surface area (TPSA) is 54.9 Å². The molecule has 0 bridgehead atoms. The monoisotopic (exact) mass is 393 g/mol. The third-order valence-corrected chi connectivity index (χ3v) is 6.29.